The minimum atomic E-state index is -5.75. The second-order valence-corrected chi connectivity index (χ2v) is 6.61. The first-order valence-electron chi connectivity index (χ1n) is 8.49. The average molecular weight is 403 g/mol. The maximum atomic E-state index is 14.0. The Balaban J connectivity index is 2.06. The van der Waals surface area contributed by atoms with Crippen LogP contribution in [0.3, 0.4) is 0 Å². The normalized spacial score (nSPS) is 17.7. The second-order valence-electron chi connectivity index (χ2n) is 6.61. The lowest BCUT2D eigenvalue weighted by atomic mass is 9.95. The second kappa shape index (κ2) is 7.12. The van der Waals surface area contributed by atoms with E-state index in [1.54, 1.807) is 18.2 Å². The number of rotatable bonds is 3. The molecule has 1 aliphatic heterocycles. The van der Waals surface area contributed by atoms with Crippen LogP contribution in [0.25, 0.3) is 0 Å². The third-order valence-corrected chi connectivity index (χ3v) is 4.94. The molecule has 3 rings (SSSR count). The summed E-state index contributed by atoms with van der Waals surface area (Å²) in [6.45, 7) is -0.935. The van der Waals surface area contributed by atoms with Crippen LogP contribution in [0.15, 0.2) is 54.6 Å². The predicted octanol–water partition coefficient (Wildman–Crippen LogP) is 2.88. The van der Waals surface area contributed by atoms with Crippen molar-refractivity contribution in [3.8, 4) is 0 Å². The molecule has 2 aromatic carbocycles. The zero-order valence-corrected chi connectivity index (χ0v) is 14.5. The first-order valence-corrected chi connectivity index (χ1v) is 8.49. The van der Waals surface area contributed by atoms with Gasteiger partial charge in [-0.2, -0.15) is 26.3 Å². The molecule has 1 atom stereocenters. The largest absolute Gasteiger partial charge is 0.475 e. The molecule has 0 bridgehead atoms. The van der Waals surface area contributed by atoms with Crippen molar-refractivity contribution < 1.29 is 36.0 Å². The van der Waals surface area contributed by atoms with Gasteiger partial charge in [0, 0.05) is 17.5 Å². The van der Waals surface area contributed by atoms with Crippen LogP contribution in [0.4, 0.5) is 26.3 Å². The summed E-state index contributed by atoms with van der Waals surface area (Å²) in [4.78, 5) is 11.5. The van der Waals surface area contributed by atoms with Gasteiger partial charge in [0.1, 0.15) is 6.54 Å². The fraction of sp³-hybridized carbons (Fsp3) is 0.316. The molecule has 0 saturated carbocycles. The molecule has 150 valence electrons. The summed E-state index contributed by atoms with van der Waals surface area (Å²) in [5.74, 6) is -1.43. The first-order chi connectivity index (χ1) is 13.1. The van der Waals surface area contributed by atoms with Crippen LogP contribution in [-0.2, 0) is 13.0 Å². The van der Waals surface area contributed by atoms with Gasteiger partial charge in [-0.15, -0.1) is 0 Å². The van der Waals surface area contributed by atoms with Gasteiger partial charge in [0.15, 0.2) is 0 Å². The molecule has 1 heterocycles. The summed E-state index contributed by atoms with van der Waals surface area (Å²) in [6.07, 6.45) is -11.5. The van der Waals surface area contributed by atoms with Crippen molar-refractivity contribution >= 4 is 5.91 Å². The maximum Gasteiger partial charge on any atom is 0.475 e. The Kier molecular flexibility index (Phi) is 5.14. The van der Waals surface area contributed by atoms with Gasteiger partial charge < -0.3 is 0 Å². The van der Waals surface area contributed by atoms with Crippen molar-refractivity contribution in [3.05, 3.63) is 71.3 Å². The van der Waals surface area contributed by atoms with Crippen LogP contribution in [0, 0.1) is 0 Å². The highest BCUT2D eigenvalue weighted by Crippen LogP contribution is 2.40. The number of hydrogen-bond donors (Lipinski definition) is 2. The Labute approximate surface area is 157 Å². The molecule has 2 aromatic rings. The lowest BCUT2D eigenvalue weighted by Crippen LogP contribution is -3.26. The Bertz CT molecular complexity index is 833. The Morgan fingerprint density at radius 3 is 1.93 bits per heavy atom. The molecule has 0 radical (unpaired) electrons. The number of benzene rings is 2. The number of hydrogen-bond acceptors (Lipinski definition) is 1. The molecular weight excluding hydrogens is 386 g/mol. The van der Waals surface area contributed by atoms with E-state index in [-0.39, 0.29) is 12.0 Å². The van der Waals surface area contributed by atoms with E-state index in [1.807, 2.05) is 0 Å². The van der Waals surface area contributed by atoms with Crippen molar-refractivity contribution in [1.29, 1.82) is 0 Å². The highest BCUT2D eigenvalue weighted by atomic mass is 19.4. The summed E-state index contributed by atoms with van der Waals surface area (Å²) in [5.41, 5.74) is -3.59. The number of amides is 1. The molecule has 3 nitrogen and oxygen atoms in total. The van der Waals surface area contributed by atoms with Gasteiger partial charge in [0.25, 0.3) is 5.91 Å². The minimum absolute atomic E-state index is 0.0423. The minimum Gasteiger partial charge on any atom is -0.293 e. The number of carbonyl (C=O) groups is 1. The smallest absolute Gasteiger partial charge is 0.293 e. The summed E-state index contributed by atoms with van der Waals surface area (Å²) in [5, 5.41) is 1.30. The highest BCUT2D eigenvalue weighted by molar-refractivity contribution is 5.94. The zero-order valence-electron chi connectivity index (χ0n) is 14.5. The molecule has 2 N–H and O–H groups in total. The van der Waals surface area contributed by atoms with E-state index < -0.39 is 41.9 Å². The van der Waals surface area contributed by atoms with Crippen LogP contribution >= 0.6 is 0 Å². The summed E-state index contributed by atoms with van der Waals surface area (Å²) in [7, 11) is 0. The van der Waals surface area contributed by atoms with E-state index in [2.05, 4.69) is 0 Å². The molecule has 9 heteroatoms. The third kappa shape index (κ3) is 3.46. The quantitative estimate of drug-likeness (QED) is 0.760. The van der Waals surface area contributed by atoms with E-state index in [9.17, 15) is 31.1 Å². The molecule has 28 heavy (non-hydrogen) atoms. The topological polar surface area (TPSA) is 33.5 Å². The van der Waals surface area contributed by atoms with Crippen molar-refractivity contribution in [3.63, 3.8) is 0 Å². The molecule has 0 aromatic heterocycles. The Morgan fingerprint density at radius 2 is 1.36 bits per heavy atom. The number of alkyl halides is 6. The van der Waals surface area contributed by atoms with Crippen LogP contribution < -0.4 is 10.2 Å². The van der Waals surface area contributed by atoms with Crippen LogP contribution in [0.5, 0.6) is 0 Å². The SMILES string of the molecule is O=C(NC([NH+]1CCc2ccccc2C1)(C(F)(F)F)C(F)(F)F)c1ccccc1. The summed E-state index contributed by atoms with van der Waals surface area (Å²) >= 11 is 0. The molecule has 1 aliphatic rings. The van der Waals surface area contributed by atoms with Crippen molar-refractivity contribution in [2.45, 2.75) is 31.0 Å². The van der Waals surface area contributed by atoms with Crippen LogP contribution in [0.1, 0.15) is 21.5 Å². The fourth-order valence-electron chi connectivity index (χ4n) is 3.52. The van der Waals surface area contributed by atoms with E-state index >= 15 is 0 Å². The fourth-order valence-corrected chi connectivity index (χ4v) is 3.52. The first kappa shape index (κ1) is 20.2. The van der Waals surface area contributed by atoms with E-state index in [4.69, 9.17) is 0 Å². The molecule has 0 aliphatic carbocycles. The van der Waals surface area contributed by atoms with Crippen molar-refractivity contribution in [1.82, 2.24) is 5.32 Å². The number of carbonyl (C=O) groups excluding carboxylic acids is 1. The van der Waals surface area contributed by atoms with Crippen LogP contribution in [-0.4, -0.2) is 30.5 Å². The lowest BCUT2D eigenvalue weighted by molar-refractivity contribution is -0.996. The number of quaternary nitrogens is 1. The van der Waals surface area contributed by atoms with E-state index in [1.165, 1.54) is 29.6 Å². The molecule has 0 spiro atoms. The number of fused-ring (bicyclic) bond motifs is 1. The van der Waals surface area contributed by atoms with Crippen molar-refractivity contribution in [2.75, 3.05) is 6.54 Å². The zero-order chi connectivity index (χ0) is 20.6. The molecule has 0 fully saturated rings. The molecule has 1 unspecified atom stereocenters. The lowest BCUT2D eigenvalue weighted by Gasteiger charge is -2.44. The summed E-state index contributed by atoms with van der Waals surface area (Å²) in [6, 6.07) is 13.0. The predicted molar refractivity (Wildman–Crippen MR) is 88.4 cm³/mol. The van der Waals surface area contributed by atoms with E-state index in [0.29, 0.717) is 11.1 Å². The van der Waals surface area contributed by atoms with Gasteiger partial charge in [-0.05, 0) is 17.7 Å². The van der Waals surface area contributed by atoms with Gasteiger partial charge in [-0.25, -0.2) is 0 Å². The van der Waals surface area contributed by atoms with Gasteiger partial charge in [0.2, 0.25) is 0 Å². The monoisotopic (exact) mass is 403 g/mol. The highest BCUT2D eigenvalue weighted by Gasteiger charge is 2.79. The van der Waals surface area contributed by atoms with Crippen LogP contribution in [0.2, 0.25) is 0 Å². The van der Waals surface area contributed by atoms with E-state index in [0.717, 1.165) is 12.1 Å². The van der Waals surface area contributed by atoms with Gasteiger partial charge >= 0.3 is 18.0 Å². The third-order valence-electron chi connectivity index (χ3n) is 4.94. The Hall–Kier alpha value is -2.55. The standard InChI is InChI=1S/C19H16F6N2O/c20-18(21,22)17(19(23,24)25,26-16(28)14-7-2-1-3-8-14)27-11-10-13-6-4-5-9-15(13)12-27/h1-9H,10-12H2,(H,26,28)/p+1. The van der Waals surface area contributed by atoms with Crippen molar-refractivity contribution in [2.24, 2.45) is 0 Å². The van der Waals surface area contributed by atoms with Gasteiger partial charge in [-0.3, -0.25) is 15.0 Å². The Morgan fingerprint density at radius 1 is 0.821 bits per heavy atom. The van der Waals surface area contributed by atoms with Gasteiger partial charge in [-0.1, -0.05) is 42.5 Å². The number of halogens is 6. The molecule has 1 amide bonds. The number of nitrogens with one attached hydrogen (secondary N) is 2. The summed E-state index contributed by atoms with van der Waals surface area (Å²) < 4.78 is 83.7. The maximum absolute atomic E-state index is 14.0. The molecular formula is C19H17F6N2O+. The molecule has 0 saturated heterocycles. The van der Waals surface area contributed by atoms with Gasteiger partial charge in [0.05, 0.1) is 6.54 Å². The average Bonchev–Trinajstić information content (AvgIpc) is 2.64.